The summed E-state index contributed by atoms with van der Waals surface area (Å²) in [6.07, 6.45) is 4.62. The molecule has 0 amide bonds. The van der Waals surface area contributed by atoms with Gasteiger partial charge in [-0.15, -0.1) is 5.10 Å². The highest BCUT2D eigenvalue weighted by Crippen LogP contribution is 2.07. The smallest absolute Gasteiger partial charge is 0.338 e. The Labute approximate surface area is 97.0 Å². The summed E-state index contributed by atoms with van der Waals surface area (Å²) in [7, 11) is 0. The van der Waals surface area contributed by atoms with E-state index in [-0.39, 0.29) is 5.56 Å². The molecule has 0 aliphatic rings. The largest absolute Gasteiger partial charge is 0.478 e. The zero-order valence-corrected chi connectivity index (χ0v) is 9.04. The Morgan fingerprint density at radius 1 is 1.59 bits per heavy atom. The van der Waals surface area contributed by atoms with Gasteiger partial charge in [-0.25, -0.2) is 4.79 Å². The van der Waals surface area contributed by atoms with E-state index in [2.05, 4.69) is 15.6 Å². The van der Waals surface area contributed by atoms with Gasteiger partial charge in [-0.3, -0.25) is 4.68 Å². The average molecular weight is 236 g/mol. The van der Waals surface area contributed by atoms with E-state index in [1.165, 1.54) is 12.3 Å². The van der Waals surface area contributed by atoms with Crippen LogP contribution in [0.5, 0.6) is 0 Å². The van der Waals surface area contributed by atoms with Crippen molar-refractivity contribution in [3.05, 3.63) is 36.0 Å². The van der Waals surface area contributed by atoms with Crippen LogP contribution in [0.15, 0.2) is 29.1 Å². The molecule has 2 heterocycles. The molecule has 0 saturated carbocycles. The summed E-state index contributed by atoms with van der Waals surface area (Å²) in [4.78, 5) is 10.6. The molecule has 7 heteroatoms. The zero-order chi connectivity index (χ0) is 12.1. The van der Waals surface area contributed by atoms with E-state index in [9.17, 15) is 4.79 Å². The predicted octanol–water partition coefficient (Wildman–Crippen LogP) is 0.359. The summed E-state index contributed by atoms with van der Waals surface area (Å²) in [5, 5.41) is 19.3. The molecule has 0 aliphatic carbocycles. The molecule has 0 radical (unpaired) electrons. The van der Waals surface area contributed by atoms with E-state index in [1.807, 2.05) is 0 Å². The molecule has 0 spiro atoms. The Morgan fingerprint density at radius 3 is 3.12 bits per heavy atom. The molecule has 17 heavy (non-hydrogen) atoms. The van der Waals surface area contributed by atoms with Gasteiger partial charge in [0.25, 0.3) is 0 Å². The first-order valence-corrected chi connectivity index (χ1v) is 5.11. The molecule has 7 nitrogen and oxygen atoms in total. The highest BCUT2D eigenvalue weighted by Gasteiger charge is 2.07. The van der Waals surface area contributed by atoms with Crippen molar-refractivity contribution in [2.24, 2.45) is 0 Å². The van der Waals surface area contributed by atoms with Crippen molar-refractivity contribution in [3.8, 4) is 0 Å². The van der Waals surface area contributed by atoms with Crippen molar-refractivity contribution in [3.63, 3.8) is 0 Å². The van der Waals surface area contributed by atoms with Gasteiger partial charge in [0, 0.05) is 12.7 Å². The summed E-state index contributed by atoms with van der Waals surface area (Å²) >= 11 is 0. The lowest BCUT2D eigenvalue weighted by atomic mass is 10.3. The van der Waals surface area contributed by atoms with E-state index in [4.69, 9.17) is 9.52 Å². The number of carbonyl (C=O) groups is 1. The van der Waals surface area contributed by atoms with Crippen LogP contribution < -0.4 is 5.32 Å². The molecule has 0 aromatic carbocycles. The molecule has 0 fully saturated rings. The number of nitrogens with one attached hydrogen (secondary N) is 1. The first-order valence-electron chi connectivity index (χ1n) is 5.11. The molecule has 0 saturated heterocycles. The Hall–Kier alpha value is -2.15. The van der Waals surface area contributed by atoms with Gasteiger partial charge in [-0.1, -0.05) is 5.21 Å². The third kappa shape index (κ3) is 3.15. The quantitative estimate of drug-likeness (QED) is 0.703. The summed E-state index contributed by atoms with van der Waals surface area (Å²) in [6.45, 7) is 1.89. The van der Waals surface area contributed by atoms with Crippen LogP contribution in [0.25, 0.3) is 0 Å². The van der Waals surface area contributed by atoms with Gasteiger partial charge in [-0.05, 0) is 6.07 Å². The number of aromatic carboxylic acids is 1. The fraction of sp³-hybridized carbons (Fsp3) is 0.300. The topological polar surface area (TPSA) is 93.2 Å². The molecule has 0 aliphatic heterocycles. The number of nitrogens with zero attached hydrogens (tertiary/aromatic N) is 3. The van der Waals surface area contributed by atoms with Crippen LogP contribution in [-0.4, -0.2) is 32.6 Å². The highest BCUT2D eigenvalue weighted by atomic mass is 16.4. The SMILES string of the molecule is O=C(O)c1coc(CNCCn2ccnn2)c1. The van der Waals surface area contributed by atoms with Gasteiger partial charge in [0.15, 0.2) is 0 Å². The van der Waals surface area contributed by atoms with E-state index in [1.54, 1.807) is 17.1 Å². The molecule has 0 atom stereocenters. The molecule has 2 rings (SSSR count). The second kappa shape index (κ2) is 5.26. The Kier molecular flexibility index (Phi) is 3.51. The van der Waals surface area contributed by atoms with Crippen LogP contribution in [0.4, 0.5) is 0 Å². The van der Waals surface area contributed by atoms with Crippen molar-refractivity contribution < 1.29 is 14.3 Å². The first-order chi connectivity index (χ1) is 8.25. The number of rotatable bonds is 6. The summed E-state index contributed by atoms with van der Waals surface area (Å²) in [5.41, 5.74) is 0.165. The molecule has 0 unspecified atom stereocenters. The summed E-state index contributed by atoms with van der Waals surface area (Å²) < 4.78 is 6.79. The number of aromatic nitrogens is 3. The minimum atomic E-state index is -0.984. The predicted molar refractivity (Wildman–Crippen MR) is 57.4 cm³/mol. The molecular formula is C10H12N4O3. The molecule has 0 bridgehead atoms. The maximum absolute atomic E-state index is 10.6. The Balaban J connectivity index is 1.72. The fourth-order valence-electron chi connectivity index (χ4n) is 1.34. The van der Waals surface area contributed by atoms with E-state index < -0.39 is 5.97 Å². The van der Waals surface area contributed by atoms with Crippen LogP contribution in [0.2, 0.25) is 0 Å². The Bertz CT molecular complexity index is 477. The molecule has 2 aromatic heterocycles. The van der Waals surface area contributed by atoms with Crippen LogP contribution in [-0.2, 0) is 13.1 Å². The molecule has 2 aromatic rings. The van der Waals surface area contributed by atoms with E-state index >= 15 is 0 Å². The minimum Gasteiger partial charge on any atom is -0.478 e. The van der Waals surface area contributed by atoms with Crippen molar-refractivity contribution in [2.45, 2.75) is 13.1 Å². The van der Waals surface area contributed by atoms with Crippen LogP contribution in [0, 0.1) is 0 Å². The third-order valence-corrected chi connectivity index (χ3v) is 2.19. The summed E-state index contributed by atoms with van der Waals surface area (Å²) in [6, 6.07) is 1.50. The van der Waals surface area contributed by atoms with Gasteiger partial charge in [0.05, 0.1) is 24.8 Å². The van der Waals surface area contributed by atoms with Gasteiger partial charge >= 0.3 is 5.97 Å². The number of hydrogen-bond donors (Lipinski definition) is 2. The minimum absolute atomic E-state index is 0.165. The van der Waals surface area contributed by atoms with E-state index in [0.717, 1.165) is 0 Å². The van der Waals surface area contributed by atoms with Crippen LogP contribution in [0.1, 0.15) is 16.1 Å². The fourth-order valence-corrected chi connectivity index (χ4v) is 1.34. The van der Waals surface area contributed by atoms with Crippen molar-refractivity contribution in [1.82, 2.24) is 20.3 Å². The van der Waals surface area contributed by atoms with Crippen LogP contribution >= 0.6 is 0 Å². The van der Waals surface area contributed by atoms with Crippen molar-refractivity contribution >= 4 is 5.97 Å². The highest BCUT2D eigenvalue weighted by molar-refractivity contribution is 5.87. The van der Waals surface area contributed by atoms with Crippen molar-refractivity contribution in [1.29, 1.82) is 0 Å². The molecule has 90 valence electrons. The normalized spacial score (nSPS) is 10.6. The standard InChI is InChI=1S/C10H12N4O3/c15-10(16)8-5-9(17-7-8)6-11-1-3-14-4-2-12-13-14/h2,4-5,7,11H,1,3,6H2,(H,15,16). The van der Waals surface area contributed by atoms with Gasteiger partial charge in [0.2, 0.25) is 0 Å². The monoisotopic (exact) mass is 236 g/mol. The lowest BCUT2D eigenvalue weighted by Gasteiger charge is -2.01. The zero-order valence-electron chi connectivity index (χ0n) is 9.04. The third-order valence-electron chi connectivity index (χ3n) is 2.19. The average Bonchev–Trinajstić information content (AvgIpc) is 2.96. The maximum atomic E-state index is 10.6. The number of carboxylic acid groups (broad SMARTS) is 1. The van der Waals surface area contributed by atoms with Gasteiger partial charge in [-0.2, -0.15) is 0 Å². The van der Waals surface area contributed by atoms with E-state index in [0.29, 0.717) is 25.4 Å². The van der Waals surface area contributed by atoms with Crippen LogP contribution in [0.3, 0.4) is 0 Å². The first kappa shape index (κ1) is 11.3. The van der Waals surface area contributed by atoms with Gasteiger partial charge < -0.3 is 14.8 Å². The molecular weight excluding hydrogens is 224 g/mol. The number of carboxylic acids is 1. The number of furan rings is 1. The second-order valence-electron chi connectivity index (χ2n) is 3.45. The lowest BCUT2D eigenvalue weighted by Crippen LogP contribution is -2.19. The number of hydrogen-bond acceptors (Lipinski definition) is 5. The van der Waals surface area contributed by atoms with Gasteiger partial charge in [0.1, 0.15) is 12.0 Å². The Morgan fingerprint density at radius 2 is 2.47 bits per heavy atom. The molecule has 2 N–H and O–H groups in total. The lowest BCUT2D eigenvalue weighted by molar-refractivity contribution is 0.0696. The summed E-state index contributed by atoms with van der Waals surface area (Å²) in [5.74, 6) is -0.386. The second-order valence-corrected chi connectivity index (χ2v) is 3.45. The maximum Gasteiger partial charge on any atom is 0.338 e. The van der Waals surface area contributed by atoms with Crippen molar-refractivity contribution in [2.75, 3.05) is 6.54 Å².